The number of nitrogens with zero attached hydrogens (tertiary/aromatic N) is 1. The summed E-state index contributed by atoms with van der Waals surface area (Å²) < 4.78 is 113. The van der Waals surface area contributed by atoms with E-state index in [9.17, 15) is 31.1 Å². The summed E-state index contributed by atoms with van der Waals surface area (Å²) in [5, 5.41) is 0. The van der Waals surface area contributed by atoms with Gasteiger partial charge in [0, 0.05) is 30.8 Å². The van der Waals surface area contributed by atoms with Crippen molar-refractivity contribution in [1.82, 2.24) is 4.90 Å². The minimum absolute atomic E-state index is 0.0193. The molecule has 0 amide bonds. The molecule has 1 aliphatic heterocycles. The highest BCUT2D eigenvalue weighted by Gasteiger charge is 2.53. The lowest BCUT2D eigenvalue weighted by molar-refractivity contribution is -0.165. The number of alkyl halides is 8. The number of piperidine rings is 1. The summed E-state index contributed by atoms with van der Waals surface area (Å²) in [5.41, 5.74) is -1.59. The predicted molar refractivity (Wildman–Crippen MR) is 117 cm³/mol. The molecule has 0 aliphatic carbocycles. The van der Waals surface area contributed by atoms with Gasteiger partial charge in [-0.25, -0.2) is 8.78 Å². The highest BCUT2D eigenvalue weighted by Crippen LogP contribution is 2.48. The van der Waals surface area contributed by atoms with Crippen molar-refractivity contribution in [1.29, 1.82) is 0 Å². The van der Waals surface area contributed by atoms with Crippen LogP contribution in [0.4, 0.5) is 35.1 Å². The van der Waals surface area contributed by atoms with Crippen molar-refractivity contribution in [3.63, 3.8) is 0 Å². The van der Waals surface area contributed by atoms with Crippen LogP contribution in [0.5, 0.6) is 0 Å². The van der Waals surface area contributed by atoms with Gasteiger partial charge in [0.05, 0.1) is 31.1 Å². The quantitative estimate of drug-likeness (QED) is 0.226. The van der Waals surface area contributed by atoms with Crippen molar-refractivity contribution in [2.45, 2.75) is 76.8 Å². The van der Waals surface area contributed by atoms with Crippen LogP contribution in [0, 0.1) is 23.2 Å². The summed E-state index contributed by atoms with van der Waals surface area (Å²) in [6, 6.07) is 0.980. The number of hydrogen-bond acceptors (Lipinski definition) is 3. The smallest absolute Gasteiger partial charge is 0.416 e. The molecule has 3 unspecified atom stereocenters. The van der Waals surface area contributed by atoms with Gasteiger partial charge in [-0.1, -0.05) is 24.0 Å². The summed E-state index contributed by atoms with van der Waals surface area (Å²) in [6.07, 6.45) is -12.5. The second kappa shape index (κ2) is 11.0. The molecule has 1 fully saturated rings. The van der Waals surface area contributed by atoms with Crippen molar-refractivity contribution in [3.8, 4) is 11.8 Å². The molecule has 1 aromatic carbocycles. The SMILES string of the molecule is COC(=O)CC1C(c2ccc(C(F)(F)F)cc2)N(C(C#CC(C)(C)C)CCC(F)(F)F)CCC1(F)F. The third-order valence-electron chi connectivity index (χ3n) is 5.89. The van der Waals surface area contributed by atoms with Crippen LogP contribution in [-0.2, 0) is 15.7 Å². The first-order valence-electron chi connectivity index (χ1n) is 11.3. The van der Waals surface area contributed by atoms with Crippen LogP contribution in [0.25, 0.3) is 0 Å². The Morgan fingerprint density at radius 1 is 1.11 bits per heavy atom. The van der Waals surface area contributed by atoms with Gasteiger partial charge in [-0.05, 0) is 44.9 Å². The van der Waals surface area contributed by atoms with Crippen LogP contribution < -0.4 is 0 Å². The summed E-state index contributed by atoms with van der Waals surface area (Å²) in [6.45, 7) is 4.84. The molecule has 0 aromatic heterocycles. The standard InChI is InChI=1S/C25H29F8NO2/c1-22(2,3)11-9-18(10-12-24(28,29)30)34-14-13-23(26,27)19(15-20(35)36-4)21(34)16-5-7-17(8-6-16)25(31,32)33/h5-8,18-19,21H,10,12-15H2,1-4H3. The molecular weight excluding hydrogens is 498 g/mol. The molecule has 3 atom stereocenters. The highest BCUT2D eigenvalue weighted by atomic mass is 19.4. The van der Waals surface area contributed by atoms with E-state index in [4.69, 9.17) is 0 Å². The Morgan fingerprint density at radius 3 is 2.17 bits per heavy atom. The first-order valence-corrected chi connectivity index (χ1v) is 11.3. The van der Waals surface area contributed by atoms with Gasteiger partial charge in [-0.15, -0.1) is 0 Å². The molecule has 0 N–H and O–H groups in total. The fourth-order valence-electron chi connectivity index (χ4n) is 4.15. The number of ether oxygens (including phenoxy) is 1. The van der Waals surface area contributed by atoms with Gasteiger partial charge in [0.1, 0.15) is 0 Å². The van der Waals surface area contributed by atoms with Crippen LogP contribution in [0.2, 0.25) is 0 Å². The number of carbonyl (C=O) groups excluding carboxylic acids is 1. The van der Waals surface area contributed by atoms with Crippen LogP contribution in [-0.4, -0.2) is 42.7 Å². The van der Waals surface area contributed by atoms with E-state index in [1.54, 1.807) is 20.8 Å². The Bertz CT molecular complexity index is 952. The number of esters is 1. The lowest BCUT2D eigenvalue weighted by Crippen LogP contribution is -2.53. The Kier molecular flexibility index (Phi) is 9.09. The molecule has 0 radical (unpaired) electrons. The van der Waals surface area contributed by atoms with Gasteiger partial charge in [0.2, 0.25) is 0 Å². The van der Waals surface area contributed by atoms with Crippen molar-refractivity contribution in [2.75, 3.05) is 13.7 Å². The van der Waals surface area contributed by atoms with Crippen molar-refractivity contribution in [3.05, 3.63) is 35.4 Å². The maximum atomic E-state index is 15.1. The molecule has 3 nitrogen and oxygen atoms in total. The third-order valence-corrected chi connectivity index (χ3v) is 5.89. The zero-order chi connectivity index (χ0) is 27.5. The normalized spacial score (nSPS) is 21.9. The van der Waals surface area contributed by atoms with E-state index in [2.05, 4.69) is 16.6 Å². The van der Waals surface area contributed by atoms with Gasteiger partial charge in [-0.2, -0.15) is 26.3 Å². The third kappa shape index (κ3) is 8.36. The lowest BCUT2D eigenvalue weighted by atomic mass is 9.78. The predicted octanol–water partition coefficient (Wildman–Crippen LogP) is 7.03. The molecule has 1 aromatic rings. The maximum absolute atomic E-state index is 15.1. The molecule has 1 saturated heterocycles. The first-order chi connectivity index (χ1) is 16.3. The number of methoxy groups -OCH3 is 1. The van der Waals surface area contributed by atoms with Crippen molar-refractivity contribution >= 4 is 5.97 Å². The molecule has 202 valence electrons. The van der Waals surface area contributed by atoms with Gasteiger partial charge in [-0.3, -0.25) is 9.69 Å². The largest absolute Gasteiger partial charge is 0.469 e. The second-order valence-corrected chi connectivity index (χ2v) is 9.89. The summed E-state index contributed by atoms with van der Waals surface area (Å²) >= 11 is 0. The number of benzene rings is 1. The number of likely N-dealkylation sites (tertiary alicyclic amines) is 1. The molecule has 36 heavy (non-hydrogen) atoms. The Balaban J connectivity index is 2.63. The van der Waals surface area contributed by atoms with E-state index in [0.717, 1.165) is 31.4 Å². The molecular formula is C25H29F8NO2. The average molecular weight is 527 g/mol. The minimum Gasteiger partial charge on any atom is -0.469 e. The molecule has 1 aliphatic rings. The monoisotopic (exact) mass is 527 g/mol. The maximum Gasteiger partial charge on any atom is 0.416 e. The highest BCUT2D eigenvalue weighted by molar-refractivity contribution is 5.69. The van der Waals surface area contributed by atoms with Crippen LogP contribution in [0.3, 0.4) is 0 Å². The number of hydrogen-bond donors (Lipinski definition) is 0. The summed E-state index contributed by atoms with van der Waals surface area (Å²) in [5.74, 6) is -0.498. The summed E-state index contributed by atoms with van der Waals surface area (Å²) in [7, 11) is 1.01. The van der Waals surface area contributed by atoms with Crippen molar-refractivity contribution < 1.29 is 44.7 Å². The van der Waals surface area contributed by atoms with E-state index in [1.165, 1.54) is 4.90 Å². The number of rotatable bonds is 6. The average Bonchev–Trinajstić information content (AvgIpc) is 2.73. The topological polar surface area (TPSA) is 29.5 Å². The minimum atomic E-state index is -4.67. The Hall–Kier alpha value is -2.35. The van der Waals surface area contributed by atoms with E-state index in [0.29, 0.717) is 0 Å². The fraction of sp³-hybridized carbons (Fsp3) is 0.640. The molecule has 0 bridgehead atoms. The van der Waals surface area contributed by atoms with Crippen LogP contribution in [0.1, 0.15) is 63.6 Å². The van der Waals surface area contributed by atoms with Gasteiger partial charge < -0.3 is 4.74 Å². The lowest BCUT2D eigenvalue weighted by Gasteiger charge is -2.47. The van der Waals surface area contributed by atoms with E-state index >= 15 is 8.78 Å². The fourth-order valence-corrected chi connectivity index (χ4v) is 4.15. The molecule has 11 heteroatoms. The van der Waals surface area contributed by atoms with E-state index in [-0.39, 0.29) is 12.1 Å². The second-order valence-electron chi connectivity index (χ2n) is 9.89. The molecule has 2 rings (SSSR count). The van der Waals surface area contributed by atoms with Crippen LogP contribution in [0.15, 0.2) is 24.3 Å². The molecule has 0 saturated carbocycles. The zero-order valence-electron chi connectivity index (χ0n) is 20.4. The first kappa shape index (κ1) is 29.9. The van der Waals surface area contributed by atoms with Gasteiger partial charge in [0.15, 0.2) is 0 Å². The van der Waals surface area contributed by atoms with Gasteiger partial charge >= 0.3 is 18.3 Å². The zero-order valence-corrected chi connectivity index (χ0v) is 20.4. The van der Waals surface area contributed by atoms with E-state index < -0.39 is 78.9 Å². The molecule has 1 heterocycles. The summed E-state index contributed by atoms with van der Waals surface area (Å²) in [4.78, 5) is 13.4. The Morgan fingerprint density at radius 2 is 1.69 bits per heavy atom. The van der Waals surface area contributed by atoms with Gasteiger partial charge in [0.25, 0.3) is 5.92 Å². The number of halogens is 8. The van der Waals surface area contributed by atoms with Crippen molar-refractivity contribution in [2.24, 2.45) is 11.3 Å². The van der Waals surface area contributed by atoms with E-state index in [1.807, 2.05) is 0 Å². The van der Waals surface area contributed by atoms with Crippen LogP contribution >= 0.6 is 0 Å². The molecule has 0 spiro atoms. The Labute approximate surface area is 205 Å². The number of carbonyl (C=O) groups is 1.